The van der Waals surface area contributed by atoms with E-state index in [1.54, 1.807) is 16.7 Å². The van der Waals surface area contributed by atoms with Gasteiger partial charge in [-0.3, -0.25) is 14.7 Å². The Balaban J connectivity index is 1.70. The molecule has 0 saturated carbocycles. The molecule has 0 aliphatic carbocycles. The van der Waals surface area contributed by atoms with Crippen LogP contribution in [0.4, 0.5) is 0 Å². The molecule has 118 valence electrons. The second-order valence-corrected chi connectivity index (χ2v) is 7.56. The summed E-state index contributed by atoms with van der Waals surface area (Å²) < 4.78 is 0.959. The summed E-state index contributed by atoms with van der Waals surface area (Å²) in [5, 5.41) is 1.51. The third-order valence-electron chi connectivity index (χ3n) is 3.41. The maximum absolute atomic E-state index is 12.7. The maximum atomic E-state index is 12.7. The minimum absolute atomic E-state index is 0.0184. The topological polar surface area (TPSA) is 32.7 Å². The van der Waals surface area contributed by atoms with Crippen LogP contribution >= 0.6 is 46.0 Å². The molecule has 1 aliphatic heterocycles. The van der Waals surface area contributed by atoms with Gasteiger partial charge in [0, 0.05) is 20.9 Å². The number of hydrogen-bond acceptors (Lipinski definition) is 3. The average Bonchev–Trinajstić information content (AvgIpc) is 3.01. The lowest BCUT2D eigenvalue weighted by Crippen LogP contribution is -2.33. The Morgan fingerprint density at radius 2 is 2.09 bits per heavy atom. The molecule has 0 unspecified atom stereocenters. The number of carbonyl (C=O) groups is 1. The van der Waals surface area contributed by atoms with E-state index >= 15 is 0 Å². The fraction of sp³-hybridized carbons (Fsp3) is 0.176. The Bertz CT molecular complexity index is 766. The smallest absolute Gasteiger partial charge is 0.260 e. The van der Waals surface area contributed by atoms with Gasteiger partial charge < -0.3 is 0 Å². The standard InChI is InChI=1S/C17H14ClIN2OS/c18-13-5-3-4-12(10-13)11-23-17-20-8-9-21(17)16(22)14-6-1-2-7-15(14)19/h1-7,10H,8-9,11H2. The molecule has 0 N–H and O–H groups in total. The van der Waals surface area contributed by atoms with Crippen molar-refractivity contribution in [1.82, 2.24) is 4.90 Å². The Morgan fingerprint density at radius 1 is 1.26 bits per heavy atom. The first-order valence-electron chi connectivity index (χ1n) is 7.13. The van der Waals surface area contributed by atoms with Crippen LogP contribution in [0.15, 0.2) is 53.5 Å². The third kappa shape index (κ3) is 4.08. The largest absolute Gasteiger partial charge is 0.286 e. The van der Waals surface area contributed by atoms with Gasteiger partial charge in [0.1, 0.15) is 0 Å². The second kappa shape index (κ2) is 7.68. The first-order chi connectivity index (χ1) is 11.1. The van der Waals surface area contributed by atoms with Crippen LogP contribution < -0.4 is 0 Å². The lowest BCUT2D eigenvalue weighted by Gasteiger charge is -2.18. The molecule has 0 radical (unpaired) electrons. The van der Waals surface area contributed by atoms with E-state index in [1.165, 1.54) is 0 Å². The van der Waals surface area contributed by atoms with Gasteiger partial charge in [-0.25, -0.2) is 0 Å². The third-order valence-corrected chi connectivity index (χ3v) is 5.67. The average molecular weight is 457 g/mol. The molecule has 3 nitrogen and oxygen atoms in total. The van der Waals surface area contributed by atoms with Crippen molar-refractivity contribution in [3.63, 3.8) is 0 Å². The Morgan fingerprint density at radius 3 is 2.87 bits per heavy atom. The molecule has 1 aliphatic rings. The highest BCUT2D eigenvalue weighted by Crippen LogP contribution is 2.24. The molecule has 0 saturated heterocycles. The van der Waals surface area contributed by atoms with Gasteiger partial charge in [0.2, 0.25) is 0 Å². The van der Waals surface area contributed by atoms with Gasteiger partial charge in [0.05, 0.1) is 12.1 Å². The summed E-state index contributed by atoms with van der Waals surface area (Å²) in [4.78, 5) is 19.0. The van der Waals surface area contributed by atoms with Crippen LogP contribution in [-0.2, 0) is 5.75 Å². The number of benzene rings is 2. The van der Waals surface area contributed by atoms with Gasteiger partial charge in [0.25, 0.3) is 5.91 Å². The maximum Gasteiger partial charge on any atom is 0.260 e. The molecule has 2 aromatic carbocycles. The number of amides is 1. The summed E-state index contributed by atoms with van der Waals surface area (Å²) in [6.07, 6.45) is 0. The number of hydrogen-bond donors (Lipinski definition) is 0. The quantitative estimate of drug-likeness (QED) is 0.628. The lowest BCUT2D eigenvalue weighted by molar-refractivity contribution is 0.0859. The predicted molar refractivity (Wildman–Crippen MR) is 105 cm³/mol. The van der Waals surface area contributed by atoms with Crippen molar-refractivity contribution in [2.24, 2.45) is 4.99 Å². The van der Waals surface area contributed by atoms with Crippen molar-refractivity contribution in [3.8, 4) is 0 Å². The Labute approximate surface area is 158 Å². The Hall–Kier alpha value is -1.05. The molecule has 6 heteroatoms. The van der Waals surface area contributed by atoms with E-state index in [2.05, 4.69) is 27.6 Å². The number of thioether (sulfide) groups is 1. The molecule has 1 amide bonds. The van der Waals surface area contributed by atoms with Gasteiger partial charge in [-0.2, -0.15) is 0 Å². The second-order valence-electron chi connectivity index (χ2n) is 5.02. The minimum atomic E-state index is 0.0184. The zero-order valence-corrected chi connectivity index (χ0v) is 15.9. The van der Waals surface area contributed by atoms with Gasteiger partial charge >= 0.3 is 0 Å². The van der Waals surface area contributed by atoms with Crippen molar-refractivity contribution in [2.75, 3.05) is 13.1 Å². The van der Waals surface area contributed by atoms with Gasteiger partial charge in [0.15, 0.2) is 5.17 Å². The van der Waals surface area contributed by atoms with Crippen molar-refractivity contribution >= 4 is 57.0 Å². The molecule has 0 fully saturated rings. The Kier molecular flexibility index (Phi) is 5.61. The number of rotatable bonds is 3. The van der Waals surface area contributed by atoms with Crippen molar-refractivity contribution < 1.29 is 4.79 Å². The first-order valence-corrected chi connectivity index (χ1v) is 9.57. The highest BCUT2D eigenvalue weighted by atomic mass is 127. The molecule has 1 heterocycles. The summed E-state index contributed by atoms with van der Waals surface area (Å²) in [6.45, 7) is 1.30. The highest BCUT2D eigenvalue weighted by Gasteiger charge is 2.26. The summed E-state index contributed by atoms with van der Waals surface area (Å²) >= 11 is 9.78. The van der Waals surface area contributed by atoms with Crippen LogP contribution in [-0.4, -0.2) is 29.1 Å². The molecule has 23 heavy (non-hydrogen) atoms. The van der Waals surface area contributed by atoms with Crippen LogP contribution in [0.3, 0.4) is 0 Å². The van der Waals surface area contributed by atoms with Crippen molar-refractivity contribution in [3.05, 3.63) is 68.3 Å². The molecule has 2 aromatic rings. The van der Waals surface area contributed by atoms with E-state index in [4.69, 9.17) is 11.6 Å². The number of aliphatic imine (C=N–C) groups is 1. The molecular weight excluding hydrogens is 443 g/mol. The van der Waals surface area contributed by atoms with Crippen molar-refractivity contribution in [2.45, 2.75) is 5.75 Å². The number of nitrogens with zero attached hydrogens (tertiary/aromatic N) is 2. The van der Waals surface area contributed by atoms with E-state index in [0.29, 0.717) is 13.1 Å². The van der Waals surface area contributed by atoms with Crippen LogP contribution in [0.2, 0.25) is 5.02 Å². The molecule has 3 rings (SSSR count). The predicted octanol–water partition coefficient (Wildman–Crippen LogP) is 4.69. The van der Waals surface area contributed by atoms with Gasteiger partial charge in [-0.05, 0) is 52.4 Å². The zero-order valence-electron chi connectivity index (χ0n) is 12.2. The number of amidine groups is 1. The normalized spacial score (nSPS) is 14.0. The lowest BCUT2D eigenvalue weighted by atomic mass is 10.2. The van der Waals surface area contributed by atoms with Crippen molar-refractivity contribution in [1.29, 1.82) is 0 Å². The van der Waals surface area contributed by atoms with Crippen LogP contribution in [0, 0.1) is 3.57 Å². The fourth-order valence-electron chi connectivity index (χ4n) is 2.29. The SMILES string of the molecule is O=C(c1ccccc1I)N1CCN=C1SCc1cccc(Cl)c1. The molecule has 0 bridgehead atoms. The fourth-order valence-corrected chi connectivity index (χ4v) is 4.11. The number of halogens is 2. The van der Waals surface area contributed by atoms with E-state index < -0.39 is 0 Å². The minimum Gasteiger partial charge on any atom is -0.286 e. The monoisotopic (exact) mass is 456 g/mol. The summed E-state index contributed by atoms with van der Waals surface area (Å²) in [7, 11) is 0. The van der Waals surface area contributed by atoms with E-state index in [9.17, 15) is 4.79 Å². The first kappa shape index (κ1) is 16.8. The van der Waals surface area contributed by atoms with E-state index in [0.717, 1.165) is 30.6 Å². The molecule has 0 aromatic heterocycles. The summed E-state index contributed by atoms with van der Waals surface area (Å²) in [6, 6.07) is 15.4. The van der Waals surface area contributed by atoms with Crippen LogP contribution in [0.25, 0.3) is 0 Å². The van der Waals surface area contributed by atoms with E-state index in [-0.39, 0.29) is 5.91 Å². The van der Waals surface area contributed by atoms with Crippen LogP contribution in [0.1, 0.15) is 15.9 Å². The zero-order chi connectivity index (χ0) is 16.2. The summed E-state index contributed by atoms with van der Waals surface area (Å²) in [5.74, 6) is 0.763. The van der Waals surface area contributed by atoms with E-state index in [1.807, 2.05) is 48.5 Å². The van der Waals surface area contributed by atoms with Crippen LogP contribution in [0.5, 0.6) is 0 Å². The van der Waals surface area contributed by atoms with Gasteiger partial charge in [-0.1, -0.05) is 47.6 Å². The highest BCUT2D eigenvalue weighted by molar-refractivity contribution is 14.1. The molecule has 0 atom stereocenters. The summed E-state index contributed by atoms with van der Waals surface area (Å²) in [5.41, 5.74) is 1.85. The molecule has 0 spiro atoms. The van der Waals surface area contributed by atoms with Gasteiger partial charge in [-0.15, -0.1) is 0 Å². The molecular formula is C17H14ClIN2OS. The number of carbonyl (C=O) groups excluding carboxylic acids is 1.